The van der Waals surface area contributed by atoms with E-state index in [1.165, 1.54) is 12.7 Å². The van der Waals surface area contributed by atoms with Crippen molar-refractivity contribution in [2.45, 2.75) is 25.3 Å². The highest BCUT2D eigenvalue weighted by atomic mass is 16.3. The van der Waals surface area contributed by atoms with Crippen LogP contribution < -0.4 is 5.32 Å². The highest BCUT2D eigenvalue weighted by Gasteiger charge is 2.31. The number of furan rings is 2. The van der Waals surface area contributed by atoms with Crippen molar-refractivity contribution in [1.29, 1.82) is 0 Å². The average Bonchev–Trinajstić information content (AvgIpc) is 3.45. The lowest BCUT2D eigenvalue weighted by Crippen LogP contribution is -2.34. The van der Waals surface area contributed by atoms with Crippen molar-refractivity contribution in [3.05, 3.63) is 90.1 Å². The third-order valence-corrected chi connectivity index (χ3v) is 5.73. The molecule has 0 saturated carbocycles. The smallest absolute Gasteiger partial charge is 0.291 e. The zero-order valence-electron chi connectivity index (χ0n) is 16.7. The molecular weight excluding hydrogens is 376 g/mol. The van der Waals surface area contributed by atoms with Crippen molar-refractivity contribution in [3.8, 4) is 0 Å². The molecule has 5 nitrogen and oxygen atoms in total. The number of fused-ring (bicyclic) bond motifs is 1. The van der Waals surface area contributed by atoms with Gasteiger partial charge in [-0.2, -0.15) is 0 Å². The van der Waals surface area contributed by atoms with Crippen LogP contribution in [0.3, 0.4) is 0 Å². The summed E-state index contributed by atoms with van der Waals surface area (Å²) >= 11 is 0. The zero-order chi connectivity index (χ0) is 20.3. The maximum absolute atomic E-state index is 12.8. The fraction of sp³-hybridized carbons (Fsp3) is 0.240. The van der Waals surface area contributed by atoms with Gasteiger partial charge in [-0.25, -0.2) is 0 Å². The summed E-state index contributed by atoms with van der Waals surface area (Å²) in [6, 6.07) is 21.5. The van der Waals surface area contributed by atoms with E-state index in [1.807, 2.05) is 30.3 Å². The van der Waals surface area contributed by atoms with Crippen LogP contribution in [0.15, 0.2) is 81.8 Å². The van der Waals surface area contributed by atoms with E-state index < -0.39 is 0 Å². The van der Waals surface area contributed by atoms with Crippen molar-refractivity contribution < 1.29 is 13.6 Å². The number of para-hydroxylation sites is 1. The number of likely N-dealkylation sites (tertiary alicyclic amines) is 1. The van der Waals surface area contributed by atoms with Gasteiger partial charge in [0.2, 0.25) is 0 Å². The molecule has 5 heteroatoms. The molecule has 2 aromatic carbocycles. The lowest BCUT2D eigenvalue weighted by molar-refractivity contribution is 0.0996. The molecule has 1 fully saturated rings. The lowest BCUT2D eigenvalue weighted by Gasteiger charge is -2.34. The molecule has 3 heterocycles. The molecule has 1 N–H and O–H groups in total. The molecule has 0 spiro atoms. The van der Waals surface area contributed by atoms with Gasteiger partial charge >= 0.3 is 0 Å². The van der Waals surface area contributed by atoms with E-state index >= 15 is 0 Å². The molecule has 1 aliphatic rings. The number of hydrogen-bond donors (Lipinski definition) is 1. The van der Waals surface area contributed by atoms with Crippen molar-refractivity contribution in [2.75, 3.05) is 18.4 Å². The third kappa shape index (κ3) is 3.53. The van der Waals surface area contributed by atoms with E-state index in [9.17, 15) is 4.79 Å². The Morgan fingerprint density at radius 2 is 1.67 bits per heavy atom. The van der Waals surface area contributed by atoms with Crippen molar-refractivity contribution in [3.63, 3.8) is 0 Å². The van der Waals surface area contributed by atoms with E-state index in [-0.39, 0.29) is 17.7 Å². The summed E-state index contributed by atoms with van der Waals surface area (Å²) in [6.07, 6.45) is 5.08. The average molecular weight is 400 g/mol. The molecule has 0 unspecified atom stereocenters. The summed E-state index contributed by atoms with van der Waals surface area (Å²) in [7, 11) is 0. The molecule has 2 aromatic heterocycles. The number of nitrogens with zero attached hydrogens (tertiary/aromatic N) is 1. The minimum atomic E-state index is -0.279. The highest BCUT2D eigenvalue weighted by molar-refractivity contribution is 6.08. The first-order chi connectivity index (χ1) is 14.8. The number of hydrogen-bond acceptors (Lipinski definition) is 4. The van der Waals surface area contributed by atoms with Crippen LogP contribution >= 0.6 is 0 Å². The summed E-state index contributed by atoms with van der Waals surface area (Å²) in [5.41, 5.74) is 2.64. The molecule has 30 heavy (non-hydrogen) atoms. The monoisotopic (exact) mass is 400 g/mol. The van der Waals surface area contributed by atoms with Crippen LogP contribution in [0.2, 0.25) is 0 Å². The molecule has 1 amide bonds. The van der Waals surface area contributed by atoms with Gasteiger partial charge in [-0.3, -0.25) is 9.69 Å². The molecule has 4 aromatic rings. The fourth-order valence-corrected chi connectivity index (χ4v) is 4.31. The maximum atomic E-state index is 12.8. The van der Waals surface area contributed by atoms with E-state index in [1.54, 1.807) is 12.1 Å². The van der Waals surface area contributed by atoms with Crippen molar-refractivity contribution >= 4 is 22.6 Å². The summed E-state index contributed by atoms with van der Waals surface area (Å²) in [5.74, 6) is 0.767. The van der Waals surface area contributed by atoms with Crippen LogP contribution in [-0.4, -0.2) is 23.9 Å². The van der Waals surface area contributed by atoms with Crippen molar-refractivity contribution in [2.24, 2.45) is 0 Å². The van der Waals surface area contributed by atoms with E-state index in [2.05, 4.69) is 34.5 Å². The normalized spacial score (nSPS) is 15.9. The Morgan fingerprint density at radius 3 is 2.43 bits per heavy atom. The molecular formula is C25H24N2O3. The first kappa shape index (κ1) is 18.7. The van der Waals surface area contributed by atoms with Crippen LogP contribution in [0.25, 0.3) is 11.0 Å². The minimum Gasteiger partial charge on any atom is -0.459 e. The molecule has 5 rings (SSSR count). The van der Waals surface area contributed by atoms with E-state index in [4.69, 9.17) is 8.83 Å². The molecule has 1 saturated heterocycles. The predicted octanol–water partition coefficient (Wildman–Crippen LogP) is 5.85. The van der Waals surface area contributed by atoms with Gasteiger partial charge in [0.15, 0.2) is 5.76 Å². The number of nitrogens with one attached hydrogen (secondary N) is 1. The van der Waals surface area contributed by atoms with Gasteiger partial charge in [0.05, 0.1) is 18.0 Å². The summed E-state index contributed by atoms with van der Waals surface area (Å²) in [5, 5.41) is 3.97. The Morgan fingerprint density at radius 1 is 0.900 bits per heavy atom. The first-order valence-electron chi connectivity index (χ1n) is 10.5. The Bertz CT molecular complexity index is 1130. The Balaban J connectivity index is 1.64. The maximum Gasteiger partial charge on any atom is 0.291 e. The van der Waals surface area contributed by atoms with Crippen LogP contribution in [0.4, 0.5) is 5.69 Å². The second-order valence-electron chi connectivity index (χ2n) is 7.68. The molecule has 0 radical (unpaired) electrons. The van der Waals surface area contributed by atoms with Gasteiger partial charge in [0.1, 0.15) is 11.3 Å². The topological polar surface area (TPSA) is 58.6 Å². The van der Waals surface area contributed by atoms with Crippen molar-refractivity contribution in [1.82, 2.24) is 4.90 Å². The Kier molecular flexibility index (Phi) is 5.11. The SMILES string of the molecule is O=C(Nc1c([C@H](c2ccccc2)N2CCCCC2)oc2ccccc12)c1ccco1. The Labute approximate surface area is 175 Å². The van der Waals surface area contributed by atoms with Gasteiger partial charge in [0, 0.05) is 5.39 Å². The van der Waals surface area contributed by atoms with Crippen LogP contribution in [0, 0.1) is 0 Å². The van der Waals surface area contributed by atoms with Gasteiger partial charge in [-0.15, -0.1) is 0 Å². The largest absolute Gasteiger partial charge is 0.459 e. The minimum absolute atomic E-state index is 0.0641. The molecule has 0 aliphatic carbocycles. The van der Waals surface area contributed by atoms with Gasteiger partial charge in [0.25, 0.3) is 5.91 Å². The number of rotatable bonds is 5. The third-order valence-electron chi connectivity index (χ3n) is 5.73. The van der Waals surface area contributed by atoms with E-state index in [0.29, 0.717) is 5.69 Å². The van der Waals surface area contributed by atoms with Crippen LogP contribution in [0.1, 0.15) is 47.2 Å². The van der Waals surface area contributed by atoms with Gasteiger partial charge < -0.3 is 14.2 Å². The van der Waals surface area contributed by atoms with E-state index in [0.717, 1.165) is 48.2 Å². The van der Waals surface area contributed by atoms with Gasteiger partial charge in [-0.05, 0) is 55.8 Å². The first-order valence-corrected chi connectivity index (χ1v) is 10.5. The quantitative estimate of drug-likeness (QED) is 0.456. The number of carbonyl (C=O) groups excluding carboxylic acids is 1. The number of carbonyl (C=O) groups is 1. The number of benzene rings is 2. The Hall–Kier alpha value is -3.31. The van der Waals surface area contributed by atoms with Gasteiger partial charge in [-0.1, -0.05) is 48.9 Å². The predicted molar refractivity (Wildman–Crippen MR) is 117 cm³/mol. The molecule has 1 aliphatic heterocycles. The highest BCUT2D eigenvalue weighted by Crippen LogP contribution is 2.41. The van der Waals surface area contributed by atoms with Crippen LogP contribution in [-0.2, 0) is 0 Å². The number of piperidine rings is 1. The summed E-state index contributed by atoms with van der Waals surface area (Å²) in [6.45, 7) is 2.00. The summed E-state index contributed by atoms with van der Waals surface area (Å²) < 4.78 is 11.7. The van der Waals surface area contributed by atoms with Crippen LogP contribution in [0.5, 0.6) is 0 Å². The molecule has 0 bridgehead atoms. The molecule has 152 valence electrons. The number of amides is 1. The zero-order valence-corrected chi connectivity index (χ0v) is 16.7. The molecule has 1 atom stereocenters. The second kappa shape index (κ2) is 8.20. The second-order valence-corrected chi connectivity index (χ2v) is 7.68. The number of anilines is 1. The fourth-order valence-electron chi connectivity index (χ4n) is 4.31. The summed E-state index contributed by atoms with van der Waals surface area (Å²) in [4.78, 5) is 15.3. The lowest BCUT2D eigenvalue weighted by atomic mass is 9.98. The standard InChI is InChI=1S/C25H24N2O3/c28-25(21-14-9-17-29-21)26-22-19-12-5-6-13-20(19)30-24(22)23(18-10-3-1-4-11-18)27-15-7-2-8-16-27/h1,3-6,9-14,17,23H,2,7-8,15-16H2,(H,26,28)/t23-/m0/s1.